The largest absolute Gasteiger partial charge is 0.478 e. The standard InChI is InChI=1S/C12H17N5O/c1-3-4-18-12-5-11(14-8-15-12)13-6-10-7-16-17-9(10)2/h5,7-8H,3-4,6H2,1-2H3,(H,16,17)(H,13,14,15). The summed E-state index contributed by atoms with van der Waals surface area (Å²) in [6.07, 6.45) is 4.26. The number of rotatable bonds is 6. The van der Waals surface area contributed by atoms with E-state index in [1.54, 1.807) is 12.3 Å². The molecule has 0 atom stereocenters. The summed E-state index contributed by atoms with van der Waals surface area (Å²) in [5.41, 5.74) is 2.17. The number of aromatic amines is 1. The average molecular weight is 247 g/mol. The van der Waals surface area contributed by atoms with Crippen LogP contribution in [0.5, 0.6) is 5.88 Å². The molecule has 2 aromatic heterocycles. The number of anilines is 1. The topological polar surface area (TPSA) is 75.7 Å². The van der Waals surface area contributed by atoms with E-state index in [0.29, 0.717) is 19.0 Å². The number of aryl methyl sites for hydroxylation is 1. The third kappa shape index (κ3) is 3.19. The number of H-pyrrole nitrogens is 1. The highest BCUT2D eigenvalue weighted by molar-refractivity contribution is 5.38. The second-order valence-corrected chi connectivity index (χ2v) is 3.96. The minimum Gasteiger partial charge on any atom is -0.478 e. The van der Waals surface area contributed by atoms with Crippen LogP contribution in [0.2, 0.25) is 0 Å². The maximum absolute atomic E-state index is 5.45. The number of nitrogens with one attached hydrogen (secondary N) is 2. The summed E-state index contributed by atoms with van der Waals surface area (Å²) in [4.78, 5) is 8.19. The first-order valence-corrected chi connectivity index (χ1v) is 5.97. The van der Waals surface area contributed by atoms with E-state index >= 15 is 0 Å². The van der Waals surface area contributed by atoms with Gasteiger partial charge in [-0.3, -0.25) is 5.10 Å². The van der Waals surface area contributed by atoms with Crippen LogP contribution in [0.1, 0.15) is 24.6 Å². The summed E-state index contributed by atoms with van der Waals surface area (Å²) in [5, 5.41) is 10.1. The summed E-state index contributed by atoms with van der Waals surface area (Å²) >= 11 is 0. The predicted octanol–water partition coefficient (Wildman–Crippen LogP) is 1.91. The van der Waals surface area contributed by atoms with Crippen molar-refractivity contribution in [1.82, 2.24) is 20.2 Å². The zero-order valence-corrected chi connectivity index (χ0v) is 10.6. The summed E-state index contributed by atoms with van der Waals surface area (Å²) in [7, 11) is 0. The van der Waals surface area contributed by atoms with Crippen molar-refractivity contribution in [2.24, 2.45) is 0 Å². The van der Waals surface area contributed by atoms with Gasteiger partial charge in [-0.2, -0.15) is 5.10 Å². The lowest BCUT2D eigenvalue weighted by atomic mass is 10.2. The van der Waals surface area contributed by atoms with Crippen molar-refractivity contribution in [3.63, 3.8) is 0 Å². The highest BCUT2D eigenvalue weighted by Crippen LogP contribution is 2.13. The van der Waals surface area contributed by atoms with Crippen molar-refractivity contribution in [3.8, 4) is 5.88 Å². The highest BCUT2D eigenvalue weighted by Gasteiger charge is 2.02. The number of nitrogens with zero attached hydrogens (tertiary/aromatic N) is 3. The predicted molar refractivity (Wildman–Crippen MR) is 68.5 cm³/mol. The Balaban J connectivity index is 1.95. The molecule has 0 aliphatic carbocycles. The molecule has 2 heterocycles. The third-order valence-electron chi connectivity index (χ3n) is 2.49. The minimum atomic E-state index is 0.596. The molecule has 6 nitrogen and oxygen atoms in total. The van der Waals surface area contributed by atoms with Crippen LogP contribution in [0, 0.1) is 6.92 Å². The molecule has 2 aromatic rings. The number of hydrogen-bond donors (Lipinski definition) is 2. The van der Waals surface area contributed by atoms with Crippen LogP contribution in [0.4, 0.5) is 5.82 Å². The number of hydrogen-bond acceptors (Lipinski definition) is 5. The molecule has 2 rings (SSSR count). The van der Waals surface area contributed by atoms with Crippen molar-refractivity contribution >= 4 is 5.82 Å². The average Bonchev–Trinajstić information content (AvgIpc) is 2.80. The summed E-state index contributed by atoms with van der Waals surface area (Å²) < 4.78 is 5.45. The Labute approximate surface area is 106 Å². The molecule has 0 bridgehead atoms. The van der Waals surface area contributed by atoms with E-state index in [9.17, 15) is 0 Å². The lowest BCUT2D eigenvalue weighted by molar-refractivity contribution is 0.305. The van der Waals surface area contributed by atoms with Crippen molar-refractivity contribution in [2.45, 2.75) is 26.8 Å². The molecule has 18 heavy (non-hydrogen) atoms. The molecular formula is C12H17N5O. The van der Waals surface area contributed by atoms with Crippen LogP contribution in [0.25, 0.3) is 0 Å². The van der Waals surface area contributed by atoms with Crippen LogP contribution in [-0.4, -0.2) is 26.8 Å². The molecule has 6 heteroatoms. The Morgan fingerprint density at radius 3 is 3.00 bits per heavy atom. The Kier molecular flexibility index (Phi) is 4.11. The minimum absolute atomic E-state index is 0.596. The molecule has 0 aliphatic rings. The lowest BCUT2D eigenvalue weighted by Crippen LogP contribution is -2.04. The summed E-state index contributed by atoms with van der Waals surface area (Å²) in [5.74, 6) is 1.34. The second kappa shape index (κ2) is 6.00. The van der Waals surface area contributed by atoms with Crippen molar-refractivity contribution < 1.29 is 4.74 Å². The molecule has 0 aromatic carbocycles. The molecule has 0 saturated heterocycles. The van der Waals surface area contributed by atoms with E-state index in [-0.39, 0.29) is 0 Å². The molecular weight excluding hydrogens is 230 g/mol. The van der Waals surface area contributed by atoms with Gasteiger partial charge in [0.15, 0.2) is 0 Å². The normalized spacial score (nSPS) is 10.3. The van der Waals surface area contributed by atoms with Gasteiger partial charge in [0.1, 0.15) is 12.1 Å². The van der Waals surface area contributed by atoms with Crippen LogP contribution >= 0.6 is 0 Å². The van der Waals surface area contributed by atoms with E-state index in [1.807, 2.05) is 6.92 Å². The van der Waals surface area contributed by atoms with Gasteiger partial charge in [0, 0.05) is 23.9 Å². The van der Waals surface area contributed by atoms with Crippen LogP contribution in [0.15, 0.2) is 18.6 Å². The third-order valence-corrected chi connectivity index (χ3v) is 2.49. The monoisotopic (exact) mass is 247 g/mol. The van der Waals surface area contributed by atoms with Gasteiger partial charge in [-0.15, -0.1) is 0 Å². The molecule has 96 valence electrons. The number of ether oxygens (including phenoxy) is 1. The van der Waals surface area contributed by atoms with E-state index < -0.39 is 0 Å². The first-order valence-electron chi connectivity index (χ1n) is 5.97. The molecule has 0 saturated carbocycles. The van der Waals surface area contributed by atoms with Crippen molar-refractivity contribution in [1.29, 1.82) is 0 Å². The Morgan fingerprint density at radius 1 is 1.39 bits per heavy atom. The van der Waals surface area contributed by atoms with Gasteiger partial charge < -0.3 is 10.1 Å². The summed E-state index contributed by atoms with van der Waals surface area (Å²) in [6, 6.07) is 1.80. The molecule has 0 radical (unpaired) electrons. The van der Waals surface area contributed by atoms with Gasteiger partial charge in [-0.05, 0) is 13.3 Å². The van der Waals surface area contributed by atoms with Gasteiger partial charge in [-0.25, -0.2) is 9.97 Å². The highest BCUT2D eigenvalue weighted by atomic mass is 16.5. The van der Waals surface area contributed by atoms with Gasteiger partial charge in [-0.1, -0.05) is 6.92 Å². The molecule has 0 unspecified atom stereocenters. The lowest BCUT2D eigenvalue weighted by Gasteiger charge is -2.07. The van der Waals surface area contributed by atoms with E-state index in [4.69, 9.17) is 4.74 Å². The first-order chi connectivity index (χ1) is 8.79. The van der Waals surface area contributed by atoms with Gasteiger partial charge in [0.05, 0.1) is 12.8 Å². The summed E-state index contributed by atoms with van der Waals surface area (Å²) in [6.45, 7) is 5.38. The quantitative estimate of drug-likeness (QED) is 0.815. The zero-order valence-electron chi connectivity index (χ0n) is 10.6. The zero-order chi connectivity index (χ0) is 12.8. The molecule has 0 spiro atoms. The maximum atomic E-state index is 5.45. The van der Waals surface area contributed by atoms with E-state index in [2.05, 4.69) is 32.4 Å². The van der Waals surface area contributed by atoms with Crippen LogP contribution in [-0.2, 0) is 6.54 Å². The Bertz CT molecular complexity index is 497. The van der Waals surface area contributed by atoms with Gasteiger partial charge in [0.2, 0.25) is 5.88 Å². The molecule has 2 N–H and O–H groups in total. The first kappa shape index (κ1) is 12.3. The fourth-order valence-electron chi connectivity index (χ4n) is 1.46. The van der Waals surface area contributed by atoms with E-state index in [1.165, 1.54) is 6.33 Å². The van der Waals surface area contributed by atoms with Crippen molar-refractivity contribution in [3.05, 3.63) is 29.8 Å². The molecule has 0 amide bonds. The maximum Gasteiger partial charge on any atom is 0.218 e. The number of aromatic nitrogens is 4. The molecule has 0 aliphatic heterocycles. The van der Waals surface area contributed by atoms with E-state index in [0.717, 1.165) is 23.5 Å². The Morgan fingerprint density at radius 2 is 2.28 bits per heavy atom. The fraction of sp³-hybridized carbons (Fsp3) is 0.417. The molecule has 0 fully saturated rings. The van der Waals surface area contributed by atoms with Crippen molar-refractivity contribution in [2.75, 3.05) is 11.9 Å². The van der Waals surface area contributed by atoms with Gasteiger partial charge in [0.25, 0.3) is 0 Å². The Hall–Kier alpha value is -2.11. The van der Waals surface area contributed by atoms with Crippen LogP contribution in [0.3, 0.4) is 0 Å². The van der Waals surface area contributed by atoms with Gasteiger partial charge >= 0.3 is 0 Å². The SMILES string of the molecule is CCCOc1cc(NCc2cn[nH]c2C)ncn1. The smallest absolute Gasteiger partial charge is 0.218 e. The fourth-order valence-corrected chi connectivity index (χ4v) is 1.46. The second-order valence-electron chi connectivity index (χ2n) is 3.96. The van der Waals surface area contributed by atoms with Crippen LogP contribution < -0.4 is 10.1 Å².